The number of aryl methyl sites for hydroxylation is 1. The van der Waals surface area contributed by atoms with Gasteiger partial charge >= 0.3 is 0 Å². The number of rotatable bonds is 5. The van der Waals surface area contributed by atoms with Crippen molar-refractivity contribution in [2.24, 2.45) is 5.73 Å². The van der Waals surface area contributed by atoms with Gasteiger partial charge in [0.15, 0.2) is 0 Å². The van der Waals surface area contributed by atoms with Gasteiger partial charge in [-0.2, -0.15) is 0 Å². The minimum atomic E-state index is 0.183. The SMILES string of the molecule is CCC(N)Cc1ccc(Sc2ccccc2C)cc1Cl. The molecule has 2 N–H and O–H groups in total. The molecular weight excluding hydrogens is 286 g/mol. The van der Waals surface area contributed by atoms with Gasteiger partial charge in [0.2, 0.25) is 0 Å². The van der Waals surface area contributed by atoms with E-state index in [2.05, 4.69) is 50.2 Å². The zero-order chi connectivity index (χ0) is 14.5. The molecule has 0 bridgehead atoms. The van der Waals surface area contributed by atoms with Gasteiger partial charge in [-0.1, -0.05) is 54.6 Å². The van der Waals surface area contributed by atoms with E-state index in [0.717, 1.165) is 28.3 Å². The monoisotopic (exact) mass is 305 g/mol. The molecule has 2 aromatic rings. The van der Waals surface area contributed by atoms with Gasteiger partial charge in [-0.25, -0.2) is 0 Å². The predicted molar refractivity (Wildman–Crippen MR) is 88.7 cm³/mol. The van der Waals surface area contributed by atoms with Crippen molar-refractivity contribution in [3.8, 4) is 0 Å². The van der Waals surface area contributed by atoms with Crippen LogP contribution in [0.1, 0.15) is 24.5 Å². The highest BCUT2D eigenvalue weighted by atomic mass is 35.5. The Morgan fingerprint density at radius 1 is 1.20 bits per heavy atom. The molecule has 3 heteroatoms. The summed E-state index contributed by atoms with van der Waals surface area (Å²) in [6, 6.07) is 14.8. The van der Waals surface area contributed by atoms with Crippen LogP contribution in [-0.2, 0) is 6.42 Å². The van der Waals surface area contributed by atoms with Gasteiger partial charge in [-0.15, -0.1) is 0 Å². The molecule has 106 valence electrons. The summed E-state index contributed by atoms with van der Waals surface area (Å²) in [5, 5.41) is 0.812. The van der Waals surface area contributed by atoms with Crippen molar-refractivity contribution in [1.29, 1.82) is 0 Å². The highest BCUT2D eigenvalue weighted by Crippen LogP contribution is 2.32. The number of benzene rings is 2. The fraction of sp³-hybridized carbons (Fsp3) is 0.294. The van der Waals surface area contributed by atoms with Crippen molar-refractivity contribution >= 4 is 23.4 Å². The maximum Gasteiger partial charge on any atom is 0.0449 e. The molecular formula is C17H20ClNS. The van der Waals surface area contributed by atoms with Gasteiger partial charge in [0.25, 0.3) is 0 Å². The zero-order valence-corrected chi connectivity index (χ0v) is 13.5. The Balaban J connectivity index is 2.15. The first-order valence-electron chi connectivity index (χ1n) is 6.87. The molecule has 0 aliphatic carbocycles. The number of hydrogen-bond donors (Lipinski definition) is 1. The van der Waals surface area contributed by atoms with Gasteiger partial charge < -0.3 is 5.73 Å². The molecule has 0 amide bonds. The van der Waals surface area contributed by atoms with Gasteiger partial charge in [0, 0.05) is 20.9 Å². The maximum atomic E-state index is 6.37. The first-order valence-corrected chi connectivity index (χ1v) is 8.07. The van der Waals surface area contributed by atoms with E-state index >= 15 is 0 Å². The summed E-state index contributed by atoms with van der Waals surface area (Å²) < 4.78 is 0. The van der Waals surface area contributed by atoms with Gasteiger partial charge in [-0.3, -0.25) is 0 Å². The quantitative estimate of drug-likeness (QED) is 0.833. The Hall–Kier alpha value is -0.960. The molecule has 0 spiro atoms. The molecule has 0 aliphatic rings. The standard InChI is InChI=1S/C17H20ClNS/c1-3-14(19)10-13-8-9-15(11-16(13)18)20-17-7-5-4-6-12(17)2/h4-9,11,14H,3,10,19H2,1-2H3. The third kappa shape index (κ3) is 4.02. The number of hydrogen-bond acceptors (Lipinski definition) is 2. The largest absolute Gasteiger partial charge is 0.327 e. The number of nitrogens with two attached hydrogens (primary N) is 1. The molecule has 2 rings (SSSR count). The average Bonchev–Trinajstić information content (AvgIpc) is 2.44. The second-order valence-electron chi connectivity index (χ2n) is 4.99. The topological polar surface area (TPSA) is 26.0 Å². The normalized spacial score (nSPS) is 12.4. The summed E-state index contributed by atoms with van der Waals surface area (Å²) in [5.41, 5.74) is 8.41. The van der Waals surface area contributed by atoms with Crippen LogP contribution in [0.25, 0.3) is 0 Å². The molecule has 2 aromatic carbocycles. The van der Waals surface area contributed by atoms with Gasteiger partial charge in [0.05, 0.1) is 0 Å². The molecule has 1 atom stereocenters. The Kier molecular flexibility index (Phi) is 5.53. The number of halogens is 1. The van der Waals surface area contributed by atoms with Crippen LogP contribution in [0.15, 0.2) is 52.3 Å². The smallest absolute Gasteiger partial charge is 0.0449 e. The van der Waals surface area contributed by atoms with E-state index in [1.807, 2.05) is 6.07 Å². The first kappa shape index (κ1) is 15.4. The Morgan fingerprint density at radius 3 is 2.60 bits per heavy atom. The average molecular weight is 306 g/mol. The van der Waals surface area contributed by atoms with Crippen molar-refractivity contribution in [2.45, 2.75) is 42.5 Å². The Labute approximate surface area is 130 Å². The summed E-state index contributed by atoms with van der Waals surface area (Å²) in [6.07, 6.45) is 1.81. The molecule has 0 aromatic heterocycles. The molecule has 0 heterocycles. The van der Waals surface area contributed by atoms with E-state index in [-0.39, 0.29) is 6.04 Å². The molecule has 20 heavy (non-hydrogen) atoms. The van der Waals surface area contributed by atoms with E-state index in [4.69, 9.17) is 17.3 Å². The predicted octanol–water partition coefficient (Wildman–Crippen LogP) is 5.08. The lowest BCUT2D eigenvalue weighted by atomic mass is 10.1. The third-order valence-corrected chi connectivity index (χ3v) is 4.87. The highest BCUT2D eigenvalue weighted by Gasteiger charge is 2.08. The van der Waals surface area contributed by atoms with Crippen LogP contribution in [0.2, 0.25) is 5.02 Å². The zero-order valence-electron chi connectivity index (χ0n) is 11.9. The summed E-state index contributed by atoms with van der Waals surface area (Å²) in [4.78, 5) is 2.43. The van der Waals surface area contributed by atoms with Crippen LogP contribution in [0.4, 0.5) is 0 Å². The summed E-state index contributed by atoms with van der Waals surface area (Å²) in [5.74, 6) is 0. The highest BCUT2D eigenvalue weighted by molar-refractivity contribution is 7.99. The van der Waals surface area contributed by atoms with Crippen molar-refractivity contribution < 1.29 is 0 Å². The van der Waals surface area contributed by atoms with E-state index in [1.165, 1.54) is 10.5 Å². The molecule has 0 aliphatic heterocycles. The molecule has 0 saturated heterocycles. The molecule has 0 radical (unpaired) electrons. The fourth-order valence-corrected chi connectivity index (χ4v) is 3.25. The van der Waals surface area contributed by atoms with Crippen LogP contribution in [0.3, 0.4) is 0 Å². The van der Waals surface area contributed by atoms with E-state index < -0.39 is 0 Å². The molecule has 0 fully saturated rings. The van der Waals surface area contributed by atoms with Crippen molar-refractivity contribution in [2.75, 3.05) is 0 Å². The van der Waals surface area contributed by atoms with Crippen molar-refractivity contribution in [3.05, 3.63) is 58.6 Å². The Bertz CT molecular complexity index is 583. The summed E-state index contributed by atoms with van der Waals surface area (Å²) in [6.45, 7) is 4.22. The summed E-state index contributed by atoms with van der Waals surface area (Å²) >= 11 is 8.11. The lowest BCUT2D eigenvalue weighted by Gasteiger charge is -2.12. The molecule has 0 saturated carbocycles. The van der Waals surface area contributed by atoms with Crippen LogP contribution in [0.5, 0.6) is 0 Å². The van der Waals surface area contributed by atoms with Crippen LogP contribution in [0, 0.1) is 6.92 Å². The first-order chi connectivity index (χ1) is 9.60. The second-order valence-corrected chi connectivity index (χ2v) is 6.52. The fourth-order valence-electron chi connectivity index (χ4n) is 1.98. The minimum Gasteiger partial charge on any atom is -0.327 e. The maximum absolute atomic E-state index is 6.37. The van der Waals surface area contributed by atoms with E-state index in [0.29, 0.717) is 0 Å². The van der Waals surface area contributed by atoms with Crippen molar-refractivity contribution in [1.82, 2.24) is 0 Å². The second kappa shape index (κ2) is 7.16. The van der Waals surface area contributed by atoms with Crippen LogP contribution < -0.4 is 5.73 Å². The van der Waals surface area contributed by atoms with Crippen LogP contribution >= 0.6 is 23.4 Å². The van der Waals surface area contributed by atoms with Crippen LogP contribution in [-0.4, -0.2) is 6.04 Å². The van der Waals surface area contributed by atoms with Gasteiger partial charge in [-0.05, 0) is 49.1 Å². The molecule has 1 nitrogen and oxygen atoms in total. The summed E-state index contributed by atoms with van der Waals surface area (Å²) in [7, 11) is 0. The third-order valence-electron chi connectivity index (χ3n) is 3.35. The Morgan fingerprint density at radius 2 is 1.95 bits per heavy atom. The minimum absolute atomic E-state index is 0.183. The van der Waals surface area contributed by atoms with E-state index in [1.54, 1.807) is 11.8 Å². The van der Waals surface area contributed by atoms with Gasteiger partial charge in [0.1, 0.15) is 0 Å². The van der Waals surface area contributed by atoms with E-state index in [9.17, 15) is 0 Å². The lowest BCUT2D eigenvalue weighted by Crippen LogP contribution is -2.21. The lowest BCUT2D eigenvalue weighted by molar-refractivity contribution is 0.646. The van der Waals surface area contributed by atoms with Crippen molar-refractivity contribution in [3.63, 3.8) is 0 Å². The molecule has 1 unspecified atom stereocenters.